The molecule has 0 spiro atoms. The molecule has 0 saturated carbocycles. The summed E-state index contributed by atoms with van der Waals surface area (Å²) in [5.41, 5.74) is 11.6. The minimum atomic E-state index is -0.0889. The van der Waals surface area contributed by atoms with Gasteiger partial charge in [0.2, 0.25) is 0 Å². The van der Waals surface area contributed by atoms with E-state index in [4.69, 9.17) is 9.98 Å². The average Bonchev–Trinajstić information content (AvgIpc) is 3.08. The summed E-state index contributed by atoms with van der Waals surface area (Å²) >= 11 is 0. The summed E-state index contributed by atoms with van der Waals surface area (Å²) in [6.07, 6.45) is 9.58. The first kappa shape index (κ1) is 27.4. The lowest BCUT2D eigenvalue weighted by Gasteiger charge is -2.54. The molecule has 46 heavy (non-hydrogen) atoms. The van der Waals surface area contributed by atoms with Gasteiger partial charge in [-0.1, -0.05) is 101 Å². The van der Waals surface area contributed by atoms with Crippen LogP contribution in [0.2, 0.25) is 0 Å². The molecular weight excluding hydrogens is 560 g/mol. The van der Waals surface area contributed by atoms with Gasteiger partial charge >= 0.3 is 0 Å². The smallest absolute Gasteiger partial charge is 0.146 e. The molecule has 0 amide bonds. The predicted molar refractivity (Wildman–Crippen MR) is 191 cm³/mol. The maximum absolute atomic E-state index is 5.29. The predicted octanol–water partition coefficient (Wildman–Crippen LogP) is 10.6. The first-order valence-corrected chi connectivity index (χ1v) is 16.6. The largest absolute Gasteiger partial charge is 0.313 e. The Morgan fingerprint density at radius 2 is 1.57 bits per heavy atom. The van der Waals surface area contributed by atoms with Crippen molar-refractivity contribution in [1.29, 1.82) is 0 Å². The number of pyridine rings is 1. The van der Waals surface area contributed by atoms with Gasteiger partial charge in [-0.15, -0.1) is 0 Å². The Morgan fingerprint density at radius 3 is 2.48 bits per heavy atom. The number of hydrogen-bond donors (Lipinski definition) is 0. The number of hydrogen-bond acceptors (Lipinski definition) is 4. The van der Waals surface area contributed by atoms with Gasteiger partial charge in [0.05, 0.1) is 5.69 Å². The lowest BCUT2D eigenvalue weighted by Crippen LogP contribution is -2.47. The molecule has 1 atom stereocenters. The molecule has 4 heterocycles. The van der Waals surface area contributed by atoms with Crippen molar-refractivity contribution in [3.05, 3.63) is 143 Å². The van der Waals surface area contributed by atoms with Crippen molar-refractivity contribution in [2.45, 2.75) is 57.8 Å². The molecule has 1 aliphatic carbocycles. The summed E-state index contributed by atoms with van der Waals surface area (Å²) in [5.74, 6) is 2.33. The van der Waals surface area contributed by atoms with Crippen LogP contribution in [0.4, 0.5) is 28.6 Å². The van der Waals surface area contributed by atoms with Gasteiger partial charge in [0.25, 0.3) is 0 Å². The van der Waals surface area contributed by atoms with Crippen molar-refractivity contribution >= 4 is 45.2 Å². The number of amidine groups is 1. The third kappa shape index (κ3) is 3.79. The van der Waals surface area contributed by atoms with E-state index in [1.807, 2.05) is 6.20 Å². The molecule has 0 saturated heterocycles. The highest BCUT2D eigenvalue weighted by Gasteiger charge is 2.50. The average molecular weight is 599 g/mol. The maximum Gasteiger partial charge on any atom is 0.146 e. The summed E-state index contributed by atoms with van der Waals surface area (Å²) in [7, 11) is 0. The zero-order valence-electron chi connectivity index (χ0n) is 27.0. The summed E-state index contributed by atoms with van der Waals surface area (Å²) in [6, 6.07) is 35.3. The minimum absolute atomic E-state index is 0.0582. The summed E-state index contributed by atoms with van der Waals surface area (Å²) in [6.45, 7) is 9.68. The van der Waals surface area contributed by atoms with E-state index in [2.05, 4.69) is 147 Å². The van der Waals surface area contributed by atoms with E-state index < -0.39 is 0 Å². The molecule has 1 aromatic heterocycles. The summed E-state index contributed by atoms with van der Waals surface area (Å²) < 4.78 is 0. The van der Waals surface area contributed by atoms with Crippen LogP contribution in [0.5, 0.6) is 0 Å². The number of aliphatic imine (C=N–C) groups is 1. The Labute approximate surface area is 271 Å². The maximum atomic E-state index is 5.29. The highest BCUT2D eigenvalue weighted by molar-refractivity contribution is 6.11. The van der Waals surface area contributed by atoms with Crippen LogP contribution in [0, 0.1) is 5.92 Å². The van der Waals surface area contributed by atoms with Crippen LogP contribution >= 0.6 is 0 Å². The Morgan fingerprint density at radius 1 is 0.783 bits per heavy atom. The van der Waals surface area contributed by atoms with Crippen LogP contribution in [0.25, 0.3) is 10.8 Å². The molecule has 4 aliphatic rings. The molecule has 4 nitrogen and oxygen atoms in total. The lowest BCUT2D eigenvalue weighted by molar-refractivity contribution is 0.339. The van der Waals surface area contributed by atoms with Crippen molar-refractivity contribution < 1.29 is 0 Å². The fourth-order valence-corrected chi connectivity index (χ4v) is 8.55. The molecule has 1 unspecified atom stereocenters. The third-order valence-electron chi connectivity index (χ3n) is 11.0. The zero-order chi connectivity index (χ0) is 31.2. The second kappa shape index (κ2) is 9.77. The Kier molecular flexibility index (Phi) is 5.81. The van der Waals surface area contributed by atoms with E-state index >= 15 is 0 Å². The second-order valence-corrected chi connectivity index (χ2v) is 14.2. The number of anilines is 4. The molecule has 5 aromatic rings. The molecule has 4 heteroatoms. The fraction of sp³-hybridized carbons (Fsp3) is 0.238. The van der Waals surface area contributed by atoms with Gasteiger partial charge in [-0.05, 0) is 76.9 Å². The summed E-state index contributed by atoms with van der Waals surface area (Å²) in [5, 5.41) is 2.31. The van der Waals surface area contributed by atoms with E-state index in [9.17, 15) is 0 Å². The topological polar surface area (TPSA) is 31.7 Å². The number of nitrogens with zero attached hydrogens (tertiary/aromatic N) is 4. The quantitative estimate of drug-likeness (QED) is 0.203. The number of para-hydroxylation sites is 2. The standard InChI is InChI=1S/C42H38N4/c1-41(2)31-15-8-10-19-36(31)46-37-22-21-29(26-34(37)42(3,4)33-17-11-16-32(41)39(33)46)45(38-23-20-28-13-6-9-18-35(28)44-38)40-30-14-7-5-12-27(30)24-25-43-40/h5-16,18-19,21-22,24-26,33H,17,20,23H2,1-4H3. The van der Waals surface area contributed by atoms with E-state index in [0.717, 1.165) is 47.7 Å². The number of aromatic nitrogens is 1. The van der Waals surface area contributed by atoms with Crippen LogP contribution < -0.4 is 9.80 Å². The van der Waals surface area contributed by atoms with Gasteiger partial charge in [0, 0.05) is 57.5 Å². The highest BCUT2D eigenvalue weighted by Crippen LogP contribution is 2.60. The van der Waals surface area contributed by atoms with Crippen LogP contribution in [-0.4, -0.2) is 10.8 Å². The minimum Gasteiger partial charge on any atom is -0.313 e. The van der Waals surface area contributed by atoms with Crippen LogP contribution in [0.1, 0.15) is 57.2 Å². The number of fused-ring (bicyclic) bond motifs is 6. The molecule has 9 rings (SSSR count). The van der Waals surface area contributed by atoms with Crippen molar-refractivity contribution in [2.75, 3.05) is 9.80 Å². The summed E-state index contributed by atoms with van der Waals surface area (Å²) in [4.78, 5) is 15.3. The van der Waals surface area contributed by atoms with E-state index in [-0.39, 0.29) is 10.8 Å². The first-order valence-electron chi connectivity index (χ1n) is 16.6. The zero-order valence-corrected chi connectivity index (χ0v) is 27.0. The lowest BCUT2D eigenvalue weighted by atomic mass is 9.60. The Balaban J connectivity index is 1.29. The van der Waals surface area contributed by atoms with Crippen LogP contribution in [0.3, 0.4) is 0 Å². The van der Waals surface area contributed by atoms with E-state index in [0.29, 0.717) is 5.92 Å². The van der Waals surface area contributed by atoms with Gasteiger partial charge in [-0.3, -0.25) is 4.90 Å². The molecule has 3 aliphatic heterocycles. The van der Waals surface area contributed by atoms with Gasteiger partial charge in [-0.25, -0.2) is 9.98 Å². The molecule has 4 aromatic carbocycles. The van der Waals surface area contributed by atoms with Crippen molar-refractivity contribution in [2.24, 2.45) is 10.9 Å². The van der Waals surface area contributed by atoms with Crippen molar-refractivity contribution in [1.82, 2.24) is 4.98 Å². The molecule has 226 valence electrons. The number of allylic oxidation sites excluding steroid dienone is 4. The molecular formula is C42H38N4. The van der Waals surface area contributed by atoms with Gasteiger partial charge < -0.3 is 4.90 Å². The van der Waals surface area contributed by atoms with Crippen LogP contribution in [-0.2, 0) is 17.3 Å². The molecule has 0 radical (unpaired) electrons. The fourth-order valence-electron chi connectivity index (χ4n) is 8.55. The van der Waals surface area contributed by atoms with Crippen molar-refractivity contribution in [3.63, 3.8) is 0 Å². The van der Waals surface area contributed by atoms with Gasteiger partial charge in [0.1, 0.15) is 11.7 Å². The monoisotopic (exact) mass is 598 g/mol. The number of rotatable bonds is 2. The van der Waals surface area contributed by atoms with Crippen LogP contribution in [0.15, 0.2) is 132 Å². The first-order chi connectivity index (χ1) is 22.3. The van der Waals surface area contributed by atoms with E-state index in [1.54, 1.807) is 0 Å². The SMILES string of the molecule is CC1(C)C2=C3C(CC=C2)C(C)(C)c2cc(N(C4=Nc5ccccc5CC4)c4nccc5ccccc45)ccc2N3c2ccccc21. The Bertz CT molecular complexity index is 2160. The highest BCUT2D eigenvalue weighted by atomic mass is 15.2. The normalized spacial score (nSPS) is 20.0. The molecule has 0 fully saturated rings. The van der Waals surface area contributed by atoms with Gasteiger partial charge in [0.15, 0.2) is 0 Å². The number of aryl methyl sites for hydroxylation is 1. The number of benzene rings is 4. The third-order valence-corrected chi connectivity index (χ3v) is 11.0. The Hall–Kier alpha value is -4.96. The van der Waals surface area contributed by atoms with Crippen molar-refractivity contribution in [3.8, 4) is 0 Å². The van der Waals surface area contributed by atoms with E-state index in [1.165, 1.54) is 44.7 Å². The molecule has 0 N–H and O–H groups in total. The van der Waals surface area contributed by atoms with Gasteiger partial charge in [-0.2, -0.15) is 0 Å². The second-order valence-electron chi connectivity index (χ2n) is 14.2. The molecule has 0 bridgehead atoms.